The SMILES string of the molecule is CC(C)N(C)CC(=O)N1CCC(O)(Cn2ccnn2)C1. The third-order valence-corrected chi connectivity index (χ3v) is 3.88. The molecule has 0 radical (unpaired) electrons. The number of aliphatic hydroxyl groups is 1. The summed E-state index contributed by atoms with van der Waals surface area (Å²) in [6.07, 6.45) is 3.87. The number of hydrogen-bond acceptors (Lipinski definition) is 5. The van der Waals surface area contributed by atoms with E-state index < -0.39 is 5.60 Å². The number of β-amino-alcohol motifs (C(OH)–C–C–N with tert-alkyl or cyclic N) is 1. The van der Waals surface area contributed by atoms with E-state index in [1.165, 1.54) is 0 Å². The Bertz CT molecular complexity index is 448. The van der Waals surface area contributed by atoms with Crippen LogP contribution < -0.4 is 0 Å². The second-order valence-electron chi connectivity index (χ2n) is 5.90. The van der Waals surface area contributed by atoms with Gasteiger partial charge in [-0.2, -0.15) is 0 Å². The van der Waals surface area contributed by atoms with Crippen LogP contribution in [0.5, 0.6) is 0 Å². The standard InChI is InChI=1S/C13H23N5O2/c1-11(2)16(3)8-12(19)17-6-4-13(20,9-17)10-18-7-5-14-15-18/h5,7,11,20H,4,6,8-10H2,1-3H3. The molecule has 1 fully saturated rings. The maximum absolute atomic E-state index is 12.2. The summed E-state index contributed by atoms with van der Waals surface area (Å²) in [5.41, 5.74) is -0.903. The van der Waals surface area contributed by atoms with Crippen molar-refractivity contribution in [3.8, 4) is 0 Å². The van der Waals surface area contributed by atoms with Gasteiger partial charge in [0.15, 0.2) is 0 Å². The first-order valence-corrected chi connectivity index (χ1v) is 6.94. The van der Waals surface area contributed by atoms with Crippen LogP contribution in [0, 0.1) is 0 Å². The number of carbonyl (C=O) groups excluding carboxylic acids is 1. The number of carbonyl (C=O) groups is 1. The first-order valence-electron chi connectivity index (χ1n) is 6.94. The second kappa shape index (κ2) is 5.88. The van der Waals surface area contributed by atoms with E-state index in [4.69, 9.17) is 0 Å². The van der Waals surface area contributed by atoms with Gasteiger partial charge in [0.2, 0.25) is 5.91 Å². The molecule has 1 unspecified atom stereocenters. The van der Waals surface area contributed by atoms with E-state index in [1.54, 1.807) is 22.0 Å². The minimum absolute atomic E-state index is 0.0655. The zero-order valence-electron chi connectivity index (χ0n) is 12.4. The molecule has 20 heavy (non-hydrogen) atoms. The third kappa shape index (κ3) is 3.55. The van der Waals surface area contributed by atoms with E-state index in [0.717, 1.165) is 0 Å². The summed E-state index contributed by atoms with van der Waals surface area (Å²) < 4.78 is 1.61. The molecule has 2 heterocycles. The van der Waals surface area contributed by atoms with Crippen LogP contribution in [0.25, 0.3) is 0 Å². The van der Waals surface area contributed by atoms with Crippen LogP contribution in [-0.2, 0) is 11.3 Å². The summed E-state index contributed by atoms with van der Waals surface area (Å²) in [4.78, 5) is 15.9. The molecule has 1 aromatic heterocycles. The fourth-order valence-corrected chi connectivity index (χ4v) is 2.31. The number of likely N-dealkylation sites (N-methyl/N-ethyl adjacent to an activating group) is 1. The van der Waals surface area contributed by atoms with Gasteiger partial charge in [-0.15, -0.1) is 5.10 Å². The molecule has 112 valence electrons. The monoisotopic (exact) mass is 281 g/mol. The lowest BCUT2D eigenvalue weighted by Crippen LogP contribution is -2.43. The Morgan fingerprint density at radius 1 is 1.55 bits per heavy atom. The summed E-state index contributed by atoms with van der Waals surface area (Å²) in [5.74, 6) is 0.0655. The molecule has 1 aliphatic rings. The van der Waals surface area contributed by atoms with Crippen molar-refractivity contribution in [3.05, 3.63) is 12.4 Å². The van der Waals surface area contributed by atoms with Crippen molar-refractivity contribution in [1.29, 1.82) is 0 Å². The molecular weight excluding hydrogens is 258 g/mol. The Kier molecular flexibility index (Phi) is 4.39. The van der Waals surface area contributed by atoms with Gasteiger partial charge in [-0.25, -0.2) is 4.68 Å². The molecule has 7 heteroatoms. The average molecular weight is 281 g/mol. The average Bonchev–Trinajstić information content (AvgIpc) is 2.99. The molecule has 0 aromatic carbocycles. The highest BCUT2D eigenvalue weighted by atomic mass is 16.3. The molecule has 0 bridgehead atoms. The van der Waals surface area contributed by atoms with Crippen LogP contribution >= 0.6 is 0 Å². The number of rotatable bonds is 5. The predicted molar refractivity (Wildman–Crippen MR) is 73.9 cm³/mol. The molecule has 1 atom stereocenters. The fourth-order valence-electron chi connectivity index (χ4n) is 2.31. The zero-order valence-corrected chi connectivity index (χ0v) is 12.4. The Morgan fingerprint density at radius 2 is 2.30 bits per heavy atom. The zero-order chi connectivity index (χ0) is 14.8. The summed E-state index contributed by atoms with van der Waals surface area (Å²) in [7, 11) is 1.93. The molecule has 0 aliphatic carbocycles. The van der Waals surface area contributed by atoms with Gasteiger partial charge >= 0.3 is 0 Å². The predicted octanol–water partition coefficient (Wildman–Crippen LogP) is -0.418. The highest BCUT2D eigenvalue weighted by Gasteiger charge is 2.38. The first kappa shape index (κ1) is 14.9. The van der Waals surface area contributed by atoms with Crippen molar-refractivity contribution in [2.45, 2.75) is 38.5 Å². The minimum atomic E-state index is -0.903. The fraction of sp³-hybridized carbons (Fsp3) is 0.769. The highest BCUT2D eigenvalue weighted by molar-refractivity contribution is 5.78. The molecular formula is C13H23N5O2. The lowest BCUT2D eigenvalue weighted by Gasteiger charge is -2.26. The Hall–Kier alpha value is -1.47. The van der Waals surface area contributed by atoms with Crippen LogP contribution in [0.1, 0.15) is 20.3 Å². The Balaban J connectivity index is 1.89. The van der Waals surface area contributed by atoms with E-state index in [1.807, 2.05) is 11.9 Å². The summed E-state index contributed by atoms with van der Waals surface area (Å²) >= 11 is 0. The van der Waals surface area contributed by atoms with Gasteiger partial charge < -0.3 is 10.0 Å². The molecule has 1 amide bonds. The van der Waals surface area contributed by atoms with Crippen molar-refractivity contribution in [1.82, 2.24) is 24.8 Å². The van der Waals surface area contributed by atoms with E-state index >= 15 is 0 Å². The lowest BCUT2D eigenvalue weighted by atomic mass is 10.0. The van der Waals surface area contributed by atoms with Crippen LogP contribution in [0.2, 0.25) is 0 Å². The Labute approximate surface area is 119 Å². The van der Waals surface area contributed by atoms with E-state index in [0.29, 0.717) is 38.6 Å². The number of likely N-dealkylation sites (tertiary alicyclic amines) is 1. The van der Waals surface area contributed by atoms with Gasteiger partial charge in [0, 0.05) is 18.8 Å². The molecule has 1 aromatic rings. The summed E-state index contributed by atoms with van der Waals surface area (Å²) in [5, 5.41) is 18.1. The topological polar surface area (TPSA) is 74.5 Å². The van der Waals surface area contributed by atoms with Crippen LogP contribution in [0.4, 0.5) is 0 Å². The molecule has 1 N–H and O–H groups in total. The normalized spacial score (nSPS) is 23.0. The molecule has 1 aliphatic heterocycles. The maximum atomic E-state index is 12.2. The molecule has 1 saturated heterocycles. The van der Waals surface area contributed by atoms with Crippen molar-refractivity contribution in [3.63, 3.8) is 0 Å². The van der Waals surface area contributed by atoms with Gasteiger partial charge in [0.25, 0.3) is 0 Å². The van der Waals surface area contributed by atoms with Crippen LogP contribution in [-0.4, -0.2) is 74.1 Å². The first-order chi connectivity index (χ1) is 9.39. The van der Waals surface area contributed by atoms with Gasteiger partial charge in [0.05, 0.1) is 25.8 Å². The quantitative estimate of drug-likeness (QED) is 0.793. The van der Waals surface area contributed by atoms with E-state index in [2.05, 4.69) is 24.2 Å². The number of nitrogens with zero attached hydrogens (tertiary/aromatic N) is 5. The third-order valence-electron chi connectivity index (χ3n) is 3.88. The van der Waals surface area contributed by atoms with Gasteiger partial charge in [-0.3, -0.25) is 9.69 Å². The smallest absolute Gasteiger partial charge is 0.236 e. The van der Waals surface area contributed by atoms with Gasteiger partial charge in [0.1, 0.15) is 5.60 Å². The number of amides is 1. The lowest BCUT2D eigenvalue weighted by molar-refractivity contribution is -0.132. The van der Waals surface area contributed by atoms with Crippen LogP contribution in [0.15, 0.2) is 12.4 Å². The Morgan fingerprint density at radius 3 is 2.90 bits per heavy atom. The molecule has 7 nitrogen and oxygen atoms in total. The highest BCUT2D eigenvalue weighted by Crippen LogP contribution is 2.23. The van der Waals surface area contributed by atoms with E-state index in [9.17, 15) is 9.90 Å². The second-order valence-corrected chi connectivity index (χ2v) is 5.90. The molecule has 0 spiro atoms. The van der Waals surface area contributed by atoms with Crippen molar-refractivity contribution < 1.29 is 9.90 Å². The number of hydrogen-bond donors (Lipinski definition) is 1. The number of aromatic nitrogens is 3. The minimum Gasteiger partial charge on any atom is -0.386 e. The van der Waals surface area contributed by atoms with Crippen molar-refractivity contribution in [2.75, 3.05) is 26.7 Å². The summed E-state index contributed by atoms with van der Waals surface area (Å²) in [6.45, 7) is 5.82. The van der Waals surface area contributed by atoms with Crippen LogP contribution in [0.3, 0.4) is 0 Å². The molecule has 0 saturated carbocycles. The van der Waals surface area contributed by atoms with E-state index in [-0.39, 0.29) is 5.91 Å². The molecule has 2 rings (SSSR count). The van der Waals surface area contributed by atoms with Crippen molar-refractivity contribution >= 4 is 5.91 Å². The van der Waals surface area contributed by atoms with Crippen molar-refractivity contribution in [2.24, 2.45) is 0 Å². The van der Waals surface area contributed by atoms with Gasteiger partial charge in [-0.05, 0) is 27.3 Å². The van der Waals surface area contributed by atoms with Gasteiger partial charge in [-0.1, -0.05) is 5.21 Å². The summed E-state index contributed by atoms with van der Waals surface area (Å²) in [6, 6.07) is 0.329. The largest absolute Gasteiger partial charge is 0.386 e. The maximum Gasteiger partial charge on any atom is 0.236 e.